The predicted molar refractivity (Wildman–Crippen MR) is 126 cm³/mol. The first-order valence-corrected chi connectivity index (χ1v) is 12.0. The molecule has 164 valence electrons. The van der Waals surface area contributed by atoms with Crippen LogP contribution in [0.15, 0.2) is 35.6 Å². The molecule has 0 aliphatic carbocycles. The Bertz CT molecular complexity index is 1060. The third kappa shape index (κ3) is 5.13. The quantitative estimate of drug-likeness (QED) is 0.417. The Labute approximate surface area is 191 Å². The molecule has 1 N–H and O–H groups in total. The fraction of sp³-hybridized carbons (Fsp3) is 0.455. The van der Waals surface area contributed by atoms with Gasteiger partial charge in [0.2, 0.25) is 0 Å². The summed E-state index contributed by atoms with van der Waals surface area (Å²) in [6, 6.07) is 7.04. The van der Waals surface area contributed by atoms with Crippen molar-refractivity contribution in [3.05, 3.63) is 41.0 Å². The Hall–Kier alpha value is -2.32. The Balaban J connectivity index is 1.55. The van der Waals surface area contributed by atoms with Crippen LogP contribution in [0.5, 0.6) is 0 Å². The summed E-state index contributed by atoms with van der Waals surface area (Å²) in [5, 5.41) is 10.0. The van der Waals surface area contributed by atoms with E-state index in [4.69, 9.17) is 21.6 Å². The van der Waals surface area contributed by atoms with Gasteiger partial charge in [0.15, 0.2) is 10.8 Å². The molecule has 3 aromatic rings. The Morgan fingerprint density at radius 2 is 1.97 bits per heavy atom. The van der Waals surface area contributed by atoms with Gasteiger partial charge in [0.1, 0.15) is 5.82 Å². The molecule has 1 fully saturated rings. The average Bonchev–Trinajstić information content (AvgIpc) is 3.16. The van der Waals surface area contributed by atoms with Crippen LogP contribution in [0.2, 0.25) is 5.02 Å². The molecular formula is C22H27ClN6OS. The summed E-state index contributed by atoms with van der Waals surface area (Å²) in [5.41, 5.74) is 1.28. The second-order valence-corrected chi connectivity index (χ2v) is 9.84. The summed E-state index contributed by atoms with van der Waals surface area (Å²) in [6.45, 7) is 7.24. The molecular weight excluding hydrogens is 432 g/mol. The lowest BCUT2D eigenvalue weighted by molar-refractivity contribution is 0.0952. The van der Waals surface area contributed by atoms with Crippen molar-refractivity contribution in [2.24, 2.45) is 0 Å². The summed E-state index contributed by atoms with van der Waals surface area (Å²) in [7, 11) is 0. The largest absolute Gasteiger partial charge is 0.356 e. The molecule has 0 atom stereocenters. The number of nitrogens with zero attached hydrogens (tertiary/aromatic N) is 5. The van der Waals surface area contributed by atoms with E-state index >= 15 is 0 Å². The van der Waals surface area contributed by atoms with E-state index in [9.17, 15) is 4.79 Å². The normalized spacial score (nSPS) is 14.4. The van der Waals surface area contributed by atoms with Gasteiger partial charge in [-0.3, -0.25) is 4.79 Å². The number of fused-ring (bicyclic) bond motifs is 1. The molecule has 0 saturated carbocycles. The molecule has 1 aliphatic rings. The van der Waals surface area contributed by atoms with Crippen molar-refractivity contribution in [1.82, 2.24) is 25.1 Å². The second-order valence-electron chi connectivity index (χ2n) is 7.88. The zero-order valence-electron chi connectivity index (χ0n) is 17.8. The van der Waals surface area contributed by atoms with Crippen molar-refractivity contribution in [3.8, 4) is 0 Å². The van der Waals surface area contributed by atoms with Gasteiger partial charge in [-0.05, 0) is 31.4 Å². The lowest BCUT2D eigenvalue weighted by Crippen LogP contribution is -2.30. The molecule has 9 heteroatoms. The summed E-state index contributed by atoms with van der Waals surface area (Å²) in [6.07, 6.45) is 5.47. The Morgan fingerprint density at radius 1 is 1.19 bits per heavy atom. The SMILES string of the molecule is CC(C)Sc1nc(N2CCCCC2)c2cnn(CCNC(=O)c3ccccc3Cl)c2n1. The lowest BCUT2D eigenvalue weighted by Gasteiger charge is -2.28. The second kappa shape index (κ2) is 9.87. The fourth-order valence-corrected chi connectivity index (χ4v) is 4.63. The van der Waals surface area contributed by atoms with Crippen LogP contribution in [-0.2, 0) is 6.54 Å². The van der Waals surface area contributed by atoms with Crippen LogP contribution in [0.4, 0.5) is 5.82 Å². The van der Waals surface area contributed by atoms with Gasteiger partial charge in [-0.25, -0.2) is 14.6 Å². The predicted octanol–water partition coefficient (Wildman–Crippen LogP) is 4.40. The van der Waals surface area contributed by atoms with Crippen LogP contribution in [0, 0.1) is 0 Å². The molecule has 1 aliphatic heterocycles. The number of halogens is 1. The number of benzene rings is 1. The number of amides is 1. The summed E-state index contributed by atoms with van der Waals surface area (Å²) >= 11 is 7.78. The van der Waals surface area contributed by atoms with Crippen molar-refractivity contribution in [2.75, 3.05) is 24.5 Å². The van der Waals surface area contributed by atoms with Crippen LogP contribution in [0.3, 0.4) is 0 Å². The minimum absolute atomic E-state index is 0.193. The molecule has 0 bridgehead atoms. The van der Waals surface area contributed by atoms with Crippen LogP contribution in [0.1, 0.15) is 43.5 Å². The number of hydrogen-bond donors (Lipinski definition) is 1. The molecule has 2 aromatic heterocycles. The Morgan fingerprint density at radius 3 is 2.71 bits per heavy atom. The molecule has 4 rings (SSSR count). The number of aromatic nitrogens is 4. The molecule has 0 unspecified atom stereocenters. The van der Waals surface area contributed by atoms with Gasteiger partial charge in [0.05, 0.1) is 28.7 Å². The summed E-state index contributed by atoms with van der Waals surface area (Å²) in [4.78, 5) is 24.5. The van der Waals surface area contributed by atoms with Gasteiger partial charge in [0, 0.05) is 24.9 Å². The maximum absolute atomic E-state index is 12.4. The topological polar surface area (TPSA) is 75.9 Å². The van der Waals surface area contributed by atoms with Crippen molar-refractivity contribution in [1.29, 1.82) is 0 Å². The van der Waals surface area contributed by atoms with Crippen molar-refractivity contribution in [2.45, 2.75) is 50.1 Å². The lowest BCUT2D eigenvalue weighted by atomic mass is 10.1. The number of rotatable bonds is 7. The number of thioether (sulfide) groups is 1. The molecule has 0 spiro atoms. The van der Waals surface area contributed by atoms with Crippen molar-refractivity contribution in [3.63, 3.8) is 0 Å². The van der Waals surface area contributed by atoms with Gasteiger partial charge < -0.3 is 10.2 Å². The van der Waals surface area contributed by atoms with E-state index in [0.29, 0.717) is 28.9 Å². The minimum atomic E-state index is -0.193. The maximum atomic E-state index is 12.4. The summed E-state index contributed by atoms with van der Waals surface area (Å²) < 4.78 is 1.85. The zero-order valence-corrected chi connectivity index (χ0v) is 19.4. The third-order valence-corrected chi connectivity index (χ3v) is 6.37. The van der Waals surface area contributed by atoms with E-state index in [1.165, 1.54) is 19.3 Å². The molecule has 31 heavy (non-hydrogen) atoms. The highest BCUT2D eigenvalue weighted by atomic mass is 35.5. The fourth-order valence-electron chi connectivity index (χ4n) is 3.71. The molecule has 1 aromatic carbocycles. The van der Waals surface area contributed by atoms with E-state index in [1.807, 2.05) is 10.9 Å². The van der Waals surface area contributed by atoms with Crippen LogP contribution < -0.4 is 10.2 Å². The van der Waals surface area contributed by atoms with Crippen LogP contribution in [0.25, 0.3) is 11.0 Å². The first kappa shape index (κ1) is 21.9. The van der Waals surface area contributed by atoms with Gasteiger partial charge >= 0.3 is 0 Å². The van der Waals surface area contributed by atoms with Crippen LogP contribution >= 0.6 is 23.4 Å². The molecule has 1 saturated heterocycles. The molecule has 7 nitrogen and oxygen atoms in total. The van der Waals surface area contributed by atoms with Crippen molar-refractivity contribution < 1.29 is 4.79 Å². The first-order valence-electron chi connectivity index (χ1n) is 10.7. The number of carbonyl (C=O) groups is 1. The van der Waals surface area contributed by atoms with E-state index < -0.39 is 0 Å². The number of hydrogen-bond acceptors (Lipinski definition) is 6. The van der Waals surface area contributed by atoms with E-state index in [0.717, 1.165) is 35.1 Å². The number of nitrogens with one attached hydrogen (secondary N) is 1. The molecule has 0 radical (unpaired) electrons. The number of carbonyl (C=O) groups excluding carboxylic acids is 1. The van der Waals surface area contributed by atoms with Gasteiger partial charge in [-0.1, -0.05) is 49.3 Å². The van der Waals surface area contributed by atoms with E-state index in [1.54, 1.807) is 36.0 Å². The van der Waals surface area contributed by atoms with Gasteiger partial charge in [-0.2, -0.15) is 5.10 Å². The highest BCUT2D eigenvalue weighted by Gasteiger charge is 2.20. The zero-order chi connectivity index (χ0) is 21.8. The van der Waals surface area contributed by atoms with Crippen molar-refractivity contribution >= 4 is 46.1 Å². The third-order valence-electron chi connectivity index (χ3n) is 5.18. The molecule has 1 amide bonds. The Kier molecular flexibility index (Phi) is 6.97. The average molecular weight is 459 g/mol. The highest BCUT2D eigenvalue weighted by molar-refractivity contribution is 7.99. The number of piperidine rings is 1. The van der Waals surface area contributed by atoms with Crippen LogP contribution in [-0.4, -0.2) is 50.5 Å². The smallest absolute Gasteiger partial charge is 0.252 e. The standard InChI is InChI=1S/C22H27ClN6OS/c1-15(2)31-22-26-19(28-11-6-3-7-12-28)17-14-25-29(20(17)27-22)13-10-24-21(30)16-8-4-5-9-18(16)23/h4-5,8-9,14-15H,3,6-7,10-13H2,1-2H3,(H,24,30). The van der Waals surface area contributed by atoms with E-state index in [2.05, 4.69) is 29.2 Å². The maximum Gasteiger partial charge on any atom is 0.252 e. The first-order chi connectivity index (χ1) is 15.0. The molecule has 3 heterocycles. The van der Waals surface area contributed by atoms with Gasteiger partial charge in [0.25, 0.3) is 5.91 Å². The van der Waals surface area contributed by atoms with Gasteiger partial charge in [-0.15, -0.1) is 0 Å². The number of anilines is 1. The monoisotopic (exact) mass is 458 g/mol. The van der Waals surface area contributed by atoms with E-state index in [-0.39, 0.29) is 5.91 Å². The highest BCUT2D eigenvalue weighted by Crippen LogP contribution is 2.30. The summed E-state index contributed by atoms with van der Waals surface area (Å²) in [5.74, 6) is 0.779. The minimum Gasteiger partial charge on any atom is -0.356 e.